The molecule has 0 aliphatic carbocycles. The fraction of sp³-hybridized carbons (Fsp3) is 0.308. The molecule has 19 heavy (non-hydrogen) atoms. The van der Waals surface area contributed by atoms with Gasteiger partial charge in [0, 0.05) is 18.7 Å². The molecule has 0 saturated carbocycles. The third kappa shape index (κ3) is 2.13. The van der Waals surface area contributed by atoms with Gasteiger partial charge >= 0.3 is 0 Å². The van der Waals surface area contributed by atoms with Crippen LogP contribution in [0.5, 0.6) is 11.5 Å². The number of nitrogens with zero attached hydrogens (tertiary/aromatic N) is 1. The first-order valence-corrected chi connectivity index (χ1v) is 6.84. The number of fused-ring (bicyclic) bond motifs is 1. The van der Waals surface area contributed by atoms with Gasteiger partial charge in [-0.2, -0.15) is 0 Å². The highest BCUT2D eigenvalue weighted by molar-refractivity contribution is 7.16. The summed E-state index contributed by atoms with van der Waals surface area (Å²) < 4.78 is 10.7. The Balaban J connectivity index is 2.08. The molecule has 1 aliphatic heterocycles. The van der Waals surface area contributed by atoms with Crippen LogP contribution in [0, 0.1) is 0 Å². The SMILES string of the molecule is CNc1nc(-c2ccc3c(c2)OCO3)c(C(C)N)s1. The number of thiazole rings is 1. The van der Waals surface area contributed by atoms with Crippen molar-refractivity contribution < 1.29 is 9.47 Å². The lowest BCUT2D eigenvalue weighted by Crippen LogP contribution is -2.04. The number of aromatic nitrogens is 1. The van der Waals surface area contributed by atoms with Gasteiger partial charge in [0.1, 0.15) is 0 Å². The molecule has 1 atom stereocenters. The summed E-state index contributed by atoms with van der Waals surface area (Å²) in [4.78, 5) is 5.64. The van der Waals surface area contributed by atoms with E-state index < -0.39 is 0 Å². The molecule has 5 nitrogen and oxygen atoms in total. The van der Waals surface area contributed by atoms with E-state index in [0.29, 0.717) is 0 Å². The molecule has 2 aromatic rings. The van der Waals surface area contributed by atoms with Crippen LogP contribution in [0.2, 0.25) is 0 Å². The topological polar surface area (TPSA) is 69.4 Å². The fourth-order valence-corrected chi connectivity index (χ4v) is 2.89. The van der Waals surface area contributed by atoms with Gasteiger partial charge in [-0.05, 0) is 25.1 Å². The van der Waals surface area contributed by atoms with E-state index in [1.54, 1.807) is 11.3 Å². The molecule has 1 aromatic carbocycles. The second-order valence-electron chi connectivity index (χ2n) is 4.34. The second kappa shape index (κ2) is 4.71. The summed E-state index contributed by atoms with van der Waals surface area (Å²) in [6.07, 6.45) is 0. The maximum absolute atomic E-state index is 6.02. The number of benzene rings is 1. The van der Waals surface area contributed by atoms with Crippen molar-refractivity contribution in [3.05, 3.63) is 23.1 Å². The quantitative estimate of drug-likeness (QED) is 0.902. The molecule has 0 saturated heterocycles. The smallest absolute Gasteiger partial charge is 0.231 e. The zero-order valence-corrected chi connectivity index (χ0v) is 11.6. The molecule has 0 spiro atoms. The normalized spacial score (nSPS) is 14.5. The predicted octanol–water partition coefficient (Wildman–Crippen LogP) is 2.60. The van der Waals surface area contributed by atoms with Crippen LogP contribution in [-0.2, 0) is 0 Å². The number of nitrogens with two attached hydrogens (primary N) is 1. The van der Waals surface area contributed by atoms with Gasteiger partial charge in [-0.25, -0.2) is 4.98 Å². The minimum Gasteiger partial charge on any atom is -0.454 e. The Morgan fingerprint density at radius 1 is 1.37 bits per heavy atom. The van der Waals surface area contributed by atoms with E-state index in [1.165, 1.54) is 0 Å². The van der Waals surface area contributed by atoms with Crippen LogP contribution in [-0.4, -0.2) is 18.8 Å². The van der Waals surface area contributed by atoms with Crippen molar-refractivity contribution in [1.82, 2.24) is 4.98 Å². The third-order valence-electron chi connectivity index (χ3n) is 2.93. The highest BCUT2D eigenvalue weighted by Crippen LogP contribution is 2.39. The van der Waals surface area contributed by atoms with Crippen molar-refractivity contribution in [2.24, 2.45) is 5.73 Å². The first-order chi connectivity index (χ1) is 9.19. The van der Waals surface area contributed by atoms with E-state index in [4.69, 9.17) is 15.2 Å². The van der Waals surface area contributed by atoms with Gasteiger partial charge in [0.25, 0.3) is 0 Å². The average molecular weight is 277 g/mol. The van der Waals surface area contributed by atoms with Gasteiger partial charge in [0.05, 0.1) is 10.6 Å². The van der Waals surface area contributed by atoms with Gasteiger partial charge in [0.2, 0.25) is 6.79 Å². The van der Waals surface area contributed by atoms with Gasteiger partial charge in [-0.3, -0.25) is 0 Å². The van der Waals surface area contributed by atoms with E-state index in [9.17, 15) is 0 Å². The number of nitrogens with one attached hydrogen (secondary N) is 1. The lowest BCUT2D eigenvalue weighted by Gasteiger charge is -2.06. The zero-order valence-electron chi connectivity index (χ0n) is 10.8. The Morgan fingerprint density at radius 3 is 2.89 bits per heavy atom. The van der Waals surface area contributed by atoms with E-state index >= 15 is 0 Å². The van der Waals surface area contributed by atoms with Crippen molar-refractivity contribution in [2.45, 2.75) is 13.0 Å². The van der Waals surface area contributed by atoms with E-state index in [0.717, 1.165) is 32.8 Å². The zero-order chi connectivity index (χ0) is 13.4. The Labute approximate surface area is 115 Å². The highest BCUT2D eigenvalue weighted by Gasteiger charge is 2.19. The van der Waals surface area contributed by atoms with Gasteiger partial charge in [0.15, 0.2) is 16.6 Å². The summed E-state index contributed by atoms with van der Waals surface area (Å²) in [5, 5.41) is 3.92. The summed E-state index contributed by atoms with van der Waals surface area (Å²) in [5.41, 5.74) is 7.92. The number of anilines is 1. The molecule has 1 aromatic heterocycles. The van der Waals surface area contributed by atoms with E-state index in [1.807, 2.05) is 32.2 Å². The lowest BCUT2D eigenvalue weighted by atomic mass is 10.1. The summed E-state index contributed by atoms with van der Waals surface area (Å²) >= 11 is 1.58. The van der Waals surface area contributed by atoms with Crippen molar-refractivity contribution in [2.75, 3.05) is 19.2 Å². The van der Waals surface area contributed by atoms with Crippen LogP contribution in [0.25, 0.3) is 11.3 Å². The van der Waals surface area contributed by atoms with Crippen molar-refractivity contribution in [3.63, 3.8) is 0 Å². The van der Waals surface area contributed by atoms with Gasteiger partial charge in [-0.1, -0.05) is 11.3 Å². The molecule has 100 valence electrons. The molecule has 2 heterocycles. The van der Waals surface area contributed by atoms with Crippen molar-refractivity contribution in [3.8, 4) is 22.8 Å². The molecule has 6 heteroatoms. The number of ether oxygens (including phenoxy) is 2. The summed E-state index contributed by atoms with van der Waals surface area (Å²) in [7, 11) is 1.85. The maximum Gasteiger partial charge on any atom is 0.231 e. The van der Waals surface area contributed by atoms with Crippen LogP contribution in [0.15, 0.2) is 18.2 Å². The van der Waals surface area contributed by atoms with E-state index in [2.05, 4.69) is 10.3 Å². The Bertz CT molecular complexity index is 610. The largest absolute Gasteiger partial charge is 0.454 e. The fourth-order valence-electron chi connectivity index (χ4n) is 2.00. The molecule has 1 aliphatic rings. The van der Waals surface area contributed by atoms with Gasteiger partial charge < -0.3 is 20.5 Å². The summed E-state index contributed by atoms with van der Waals surface area (Å²) in [6, 6.07) is 5.78. The summed E-state index contributed by atoms with van der Waals surface area (Å²) in [6.45, 7) is 2.24. The molecular formula is C13H15N3O2S. The molecule has 0 radical (unpaired) electrons. The molecule has 3 rings (SSSR count). The Morgan fingerprint density at radius 2 is 2.16 bits per heavy atom. The Hall–Kier alpha value is -1.79. The highest BCUT2D eigenvalue weighted by atomic mass is 32.1. The monoisotopic (exact) mass is 277 g/mol. The molecule has 0 fully saturated rings. The maximum atomic E-state index is 6.02. The molecule has 3 N–H and O–H groups in total. The summed E-state index contributed by atoms with van der Waals surface area (Å²) in [5.74, 6) is 1.53. The van der Waals surface area contributed by atoms with E-state index in [-0.39, 0.29) is 12.8 Å². The number of rotatable bonds is 3. The minimum absolute atomic E-state index is 0.0555. The van der Waals surface area contributed by atoms with Crippen molar-refractivity contribution >= 4 is 16.5 Å². The average Bonchev–Trinajstić information content (AvgIpc) is 3.04. The molecule has 0 bridgehead atoms. The lowest BCUT2D eigenvalue weighted by molar-refractivity contribution is 0.174. The minimum atomic E-state index is -0.0555. The third-order valence-corrected chi connectivity index (χ3v) is 4.20. The number of hydrogen-bond acceptors (Lipinski definition) is 6. The van der Waals surface area contributed by atoms with Gasteiger partial charge in [-0.15, -0.1) is 0 Å². The van der Waals surface area contributed by atoms with Crippen LogP contribution in [0.1, 0.15) is 17.8 Å². The second-order valence-corrected chi connectivity index (χ2v) is 5.37. The Kier molecular flexibility index (Phi) is 3.04. The van der Waals surface area contributed by atoms with Crippen LogP contribution in [0.4, 0.5) is 5.13 Å². The number of hydrogen-bond donors (Lipinski definition) is 2. The van der Waals surface area contributed by atoms with Crippen molar-refractivity contribution in [1.29, 1.82) is 0 Å². The first-order valence-electron chi connectivity index (χ1n) is 6.03. The molecular weight excluding hydrogens is 262 g/mol. The predicted molar refractivity (Wildman–Crippen MR) is 75.8 cm³/mol. The van der Waals surface area contributed by atoms with Crippen LogP contribution in [0.3, 0.4) is 0 Å². The van der Waals surface area contributed by atoms with Crippen LogP contribution >= 0.6 is 11.3 Å². The molecule has 1 unspecified atom stereocenters. The first kappa shape index (κ1) is 12.3. The molecule has 0 amide bonds. The standard InChI is InChI=1S/C13H15N3O2S/c1-7(14)12-11(16-13(15-2)19-12)8-3-4-9-10(5-8)18-6-17-9/h3-5,7H,6,14H2,1-2H3,(H,15,16). The van der Waals surface area contributed by atoms with Crippen LogP contribution < -0.4 is 20.5 Å².